The number of fused-ring (bicyclic) bond motifs is 2. The Morgan fingerprint density at radius 1 is 1.32 bits per heavy atom. The molecule has 2 amide bonds. The summed E-state index contributed by atoms with van der Waals surface area (Å²) in [6.07, 6.45) is 3.77. The Kier molecular flexibility index (Phi) is 8.16. The molecular formula is C29H35N9O3. The molecule has 1 fully saturated rings. The number of aryl methyl sites for hydroxylation is 1. The molecular weight excluding hydrogens is 522 g/mol. The summed E-state index contributed by atoms with van der Waals surface area (Å²) in [5.41, 5.74) is 4.93. The van der Waals surface area contributed by atoms with Gasteiger partial charge in [-0.3, -0.25) is 14.7 Å². The van der Waals surface area contributed by atoms with Crippen molar-refractivity contribution in [1.29, 1.82) is 0 Å². The SMILES string of the molecule is [C-]#[N+]C[C@H]1CN(c2nc(NCCC(=O)N(C)C)nc3c2COC(c2c(C)ccc4[nH]ncc24)C3)CCN1C(=O)C=C. The van der Waals surface area contributed by atoms with E-state index in [1.54, 1.807) is 23.9 Å². The van der Waals surface area contributed by atoms with Gasteiger partial charge in [-0.2, -0.15) is 10.1 Å². The van der Waals surface area contributed by atoms with Crippen LogP contribution in [0.5, 0.6) is 0 Å². The van der Waals surface area contributed by atoms with E-state index < -0.39 is 0 Å². The summed E-state index contributed by atoms with van der Waals surface area (Å²) in [7, 11) is 3.46. The average molecular weight is 558 g/mol. The van der Waals surface area contributed by atoms with E-state index in [-0.39, 0.29) is 30.5 Å². The summed E-state index contributed by atoms with van der Waals surface area (Å²) in [6, 6.07) is 3.80. The first-order valence-electron chi connectivity index (χ1n) is 13.7. The summed E-state index contributed by atoms with van der Waals surface area (Å²) in [5.74, 6) is 1.01. The molecule has 3 aromatic rings. The minimum atomic E-state index is -0.287. The van der Waals surface area contributed by atoms with Crippen LogP contribution in [0.1, 0.15) is 34.9 Å². The maximum Gasteiger partial charge on any atom is 0.246 e. The highest BCUT2D eigenvalue weighted by Crippen LogP contribution is 2.38. The molecule has 2 aliphatic rings. The van der Waals surface area contributed by atoms with E-state index in [1.165, 1.54) is 6.08 Å². The minimum Gasteiger partial charge on any atom is -0.368 e. The molecule has 0 aliphatic carbocycles. The third-order valence-electron chi connectivity index (χ3n) is 7.75. The first kappa shape index (κ1) is 28.0. The van der Waals surface area contributed by atoms with E-state index in [0.29, 0.717) is 51.6 Å². The van der Waals surface area contributed by atoms with Crippen LogP contribution in [0.15, 0.2) is 31.0 Å². The van der Waals surface area contributed by atoms with Gasteiger partial charge in [0.15, 0.2) is 0 Å². The zero-order valence-corrected chi connectivity index (χ0v) is 23.7. The predicted octanol–water partition coefficient (Wildman–Crippen LogP) is 2.49. The second-order valence-electron chi connectivity index (χ2n) is 10.6. The van der Waals surface area contributed by atoms with Gasteiger partial charge in [0.05, 0.1) is 30.1 Å². The van der Waals surface area contributed by atoms with Crippen LogP contribution in [0.4, 0.5) is 11.8 Å². The van der Waals surface area contributed by atoms with Crippen molar-refractivity contribution >= 4 is 34.5 Å². The molecule has 0 saturated carbocycles. The van der Waals surface area contributed by atoms with Crippen molar-refractivity contribution in [1.82, 2.24) is 30.0 Å². The van der Waals surface area contributed by atoms with Crippen LogP contribution in [0, 0.1) is 13.5 Å². The fourth-order valence-electron chi connectivity index (χ4n) is 5.58. The van der Waals surface area contributed by atoms with Gasteiger partial charge in [-0.15, -0.1) is 0 Å². The molecule has 0 radical (unpaired) electrons. The second-order valence-corrected chi connectivity index (χ2v) is 10.6. The van der Waals surface area contributed by atoms with Gasteiger partial charge < -0.3 is 29.6 Å². The topological polar surface area (TPSA) is 124 Å². The molecule has 2 aromatic heterocycles. The van der Waals surface area contributed by atoms with Crippen LogP contribution >= 0.6 is 0 Å². The van der Waals surface area contributed by atoms with Gasteiger partial charge in [0.25, 0.3) is 0 Å². The summed E-state index contributed by atoms with van der Waals surface area (Å²) in [6.45, 7) is 15.5. The van der Waals surface area contributed by atoms with Crippen LogP contribution in [0.2, 0.25) is 0 Å². The lowest BCUT2D eigenvalue weighted by Gasteiger charge is -2.40. The molecule has 12 nitrogen and oxygen atoms in total. The largest absolute Gasteiger partial charge is 0.368 e. The lowest BCUT2D eigenvalue weighted by atomic mass is 9.93. The van der Waals surface area contributed by atoms with Crippen LogP contribution in [0.25, 0.3) is 15.7 Å². The normalized spacial score (nSPS) is 18.5. The zero-order valence-electron chi connectivity index (χ0n) is 23.7. The number of nitrogens with one attached hydrogen (secondary N) is 2. The maximum absolute atomic E-state index is 12.5. The molecule has 2 atom stereocenters. The predicted molar refractivity (Wildman–Crippen MR) is 155 cm³/mol. The number of piperazine rings is 1. The fraction of sp³-hybridized carbons (Fsp3) is 0.448. The van der Waals surface area contributed by atoms with E-state index in [0.717, 1.165) is 39.1 Å². The number of hydrogen-bond acceptors (Lipinski definition) is 8. The molecule has 12 heteroatoms. The maximum atomic E-state index is 12.5. The summed E-state index contributed by atoms with van der Waals surface area (Å²) >= 11 is 0. The van der Waals surface area contributed by atoms with Gasteiger partial charge in [-0.05, 0) is 30.2 Å². The van der Waals surface area contributed by atoms with E-state index in [2.05, 4.69) is 44.8 Å². The lowest BCUT2D eigenvalue weighted by molar-refractivity contribution is -0.129. The summed E-state index contributed by atoms with van der Waals surface area (Å²) < 4.78 is 6.46. The molecule has 41 heavy (non-hydrogen) atoms. The van der Waals surface area contributed by atoms with Gasteiger partial charge in [-0.1, -0.05) is 12.6 Å². The number of amides is 2. The average Bonchev–Trinajstić information content (AvgIpc) is 3.45. The molecule has 2 aliphatic heterocycles. The molecule has 0 bridgehead atoms. The Labute approximate surface area is 239 Å². The molecule has 1 saturated heterocycles. The number of H-pyrrole nitrogens is 1. The highest BCUT2D eigenvalue weighted by Gasteiger charge is 2.35. The number of nitrogens with zero attached hydrogens (tertiary/aromatic N) is 7. The van der Waals surface area contributed by atoms with E-state index in [1.807, 2.05) is 12.3 Å². The zero-order chi connectivity index (χ0) is 29.1. The highest BCUT2D eigenvalue weighted by atomic mass is 16.5. The van der Waals surface area contributed by atoms with Crippen molar-refractivity contribution in [3.8, 4) is 0 Å². The van der Waals surface area contributed by atoms with Crippen LogP contribution < -0.4 is 10.2 Å². The number of carbonyl (C=O) groups excluding carboxylic acids is 2. The van der Waals surface area contributed by atoms with Crippen molar-refractivity contribution in [2.45, 2.75) is 38.5 Å². The van der Waals surface area contributed by atoms with Gasteiger partial charge in [0, 0.05) is 64.1 Å². The Morgan fingerprint density at radius 3 is 2.90 bits per heavy atom. The molecule has 214 valence electrons. The number of rotatable bonds is 8. The van der Waals surface area contributed by atoms with E-state index in [4.69, 9.17) is 21.3 Å². The van der Waals surface area contributed by atoms with Crippen molar-refractivity contribution < 1.29 is 14.3 Å². The van der Waals surface area contributed by atoms with Crippen molar-refractivity contribution in [2.75, 3.05) is 57.0 Å². The van der Waals surface area contributed by atoms with Crippen molar-refractivity contribution in [2.24, 2.45) is 0 Å². The number of carbonyl (C=O) groups is 2. The van der Waals surface area contributed by atoms with Gasteiger partial charge in [-0.25, -0.2) is 11.6 Å². The lowest BCUT2D eigenvalue weighted by Crippen LogP contribution is -2.56. The Morgan fingerprint density at radius 2 is 2.15 bits per heavy atom. The molecule has 4 heterocycles. The first-order chi connectivity index (χ1) is 19.8. The third kappa shape index (κ3) is 5.71. The van der Waals surface area contributed by atoms with Crippen molar-refractivity contribution in [3.63, 3.8) is 0 Å². The molecule has 2 N–H and O–H groups in total. The number of anilines is 2. The van der Waals surface area contributed by atoms with Gasteiger partial charge in [0.1, 0.15) is 11.9 Å². The number of hydrogen-bond donors (Lipinski definition) is 2. The Hall–Kier alpha value is -4.50. The Balaban J connectivity index is 1.48. The highest BCUT2D eigenvalue weighted by molar-refractivity contribution is 5.87. The first-order valence-corrected chi connectivity index (χ1v) is 13.7. The van der Waals surface area contributed by atoms with E-state index in [9.17, 15) is 9.59 Å². The number of ether oxygens (including phenoxy) is 1. The second kappa shape index (κ2) is 11.9. The summed E-state index contributed by atoms with van der Waals surface area (Å²) in [5, 5.41) is 11.5. The number of benzene rings is 1. The molecule has 1 aromatic carbocycles. The third-order valence-corrected chi connectivity index (χ3v) is 7.75. The van der Waals surface area contributed by atoms with Crippen molar-refractivity contribution in [3.05, 3.63) is 64.8 Å². The number of aromatic amines is 1. The quantitative estimate of drug-likeness (QED) is 0.320. The molecule has 0 spiro atoms. The molecule has 1 unspecified atom stereocenters. The monoisotopic (exact) mass is 557 g/mol. The summed E-state index contributed by atoms with van der Waals surface area (Å²) in [4.78, 5) is 43.4. The number of aromatic nitrogens is 4. The molecule has 5 rings (SSSR count). The standard InChI is InChI=1S/C29H35N9O3/c1-6-25(39)38-12-11-37(16-19(38)14-30-3)28-21-17-41-24(27-18(2)7-8-22-20(27)15-32-35-22)13-23(21)33-29(34-28)31-10-9-26(40)36(4)5/h6-8,15,19,24H,1,9-14,16-17H2,2,4-5H3,(H,32,35)(H,31,33,34)/t19-,24?/m0/s1. The fourth-order valence-corrected chi connectivity index (χ4v) is 5.58. The van der Waals surface area contributed by atoms with Crippen LogP contribution in [0.3, 0.4) is 0 Å². The van der Waals surface area contributed by atoms with Crippen LogP contribution in [-0.4, -0.2) is 94.6 Å². The smallest absolute Gasteiger partial charge is 0.246 e. The van der Waals surface area contributed by atoms with E-state index >= 15 is 0 Å². The van der Waals surface area contributed by atoms with Crippen LogP contribution in [-0.2, 0) is 27.4 Å². The van der Waals surface area contributed by atoms with Gasteiger partial charge in [0.2, 0.25) is 24.3 Å². The van der Waals surface area contributed by atoms with Gasteiger partial charge >= 0.3 is 0 Å². The Bertz CT molecular complexity index is 1510. The minimum absolute atomic E-state index is 0.0119.